The van der Waals surface area contributed by atoms with Crippen LogP contribution in [0, 0.1) is 0 Å². The van der Waals surface area contributed by atoms with Crippen molar-refractivity contribution in [2.24, 2.45) is 0 Å². The Kier molecular flexibility index (Phi) is 6.97. The summed E-state index contributed by atoms with van der Waals surface area (Å²) >= 11 is 0. The second kappa shape index (κ2) is 10.3. The van der Waals surface area contributed by atoms with E-state index in [0.717, 1.165) is 22.4 Å². The Labute approximate surface area is 199 Å². The van der Waals surface area contributed by atoms with Gasteiger partial charge in [0.15, 0.2) is 0 Å². The molecule has 3 aromatic rings. The lowest BCUT2D eigenvalue weighted by atomic mass is 9.83. The summed E-state index contributed by atoms with van der Waals surface area (Å²) < 4.78 is 10.1. The Morgan fingerprint density at radius 3 is 1.97 bits per heavy atom. The molecule has 1 aliphatic rings. The first-order valence-electron chi connectivity index (χ1n) is 11.1. The summed E-state index contributed by atoms with van der Waals surface area (Å²) in [6.07, 6.45) is 1.35. The molecule has 174 valence electrons. The van der Waals surface area contributed by atoms with Crippen molar-refractivity contribution in [1.82, 2.24) is 10.2 Å². The van der Waals surface area contributed by atoms with Gasteiger partial charge in [0.25, 0.3) is 0 Å². The van der Waals surface area contributed by atoms with Crippen molar-refractivity contribution in [1.29, 1.82) is 0 Å². The maximum atomic E-state index is 13.6. The predicted molar refractivity (Wildman–Crippen MR) is 130 cm³/mol. The van der Waals surface area contributed by atoms with Crippen molar-refractivity contribution in [3.63, 3.8) is 0 Å². The van der Waals surface area contributed by atoms with Crippen LogP contribution in [0.3, 0.4) is 0 Å². The van der Waals surface area contributed by atoms with E-state index in [1.807, 2.05) is 89.8 Å². The topological polar surface area (TPSA) is 67.9 Å². The summed E-state index contributed by atoms with van der Waals surface area (Å²) in [6, 6.07) is 26.7. The van der Waals surface area contributed by atoms with E-state index in [4.69, 9.17) is 9.47 Å². The van der Waals surface area contributed by atoms with Gasteiger partial charge in [-0.15, -0.1) is 0 Å². The monoisotopic (exact) mass is 456 g/mol. The molecule has 0 aromatic heterocycles. The maximum absolute atomic E-state index is 13.6. The fourth-order valence-corrected chi connectivity index (χ4v) is 4.40. The lowest BCUT2D eigenvalue weighted by Crippen LogP contribution is -2.65. The van der Waals surface area contributed by atoms with E-state index < -0.39 is 12.0 Å². The molecule has 2 atom stereocenters. The molecule has 34 heavy (non-hydrogen) atoms. The summed E-state index contributed by atoms with van der Waals surface area (Å²) in [5.74, 6) is 0.229. The third-order valence-electron chi connectivity index (χ3n) is 6.02. The Morgan fingerprint density at radius 2 is 1.47 bits per heavy atom. The zero-order valence-corrected chi connectivity index (χ0v) is 19.5. The minimum absolute atomic E-state index is 0.0452. The Morgan fingerprint density at radius 1 is 0.912 bits per heavy atom. The summed E-state index contributed by atoms with van der Waals surface area (Å²) in [4.78, 5) is 27.3. The molecule has 1 aliphatic heterocycles. The number of likely N-dealkylation sites (tertiary alicyclic amines) is 1. The first-order valence-corrected chi connectivity index (χ1v) is 11.1. The van der Waals surface area contributed by atoms with Gasteiger partial charge in [-0.2, -0.15) is 0 Å². The number of hydrogen-bond donors (Lipinski definition) is 1. The largest absolute Gasteiger partial charge is 0.497 e. The Balaban J connectivity index is 1.76. The van der Waals surface area contributed by atoms with Gasteiger partial charge in [-0.25, -0.2) is 4.79 Å². The lowest BCUT2D eigenvalue weighted by molar-refractivity contribution is -0.154. The third-order valence-corrected chi connectivity index (χ3v) is 6.02. The van der Waals surface area contributed by atoms with Crippen LogP contribution in [0.2, 0.25) is 0 Å². The van der Waals surface area contributed by atoms with Crippen molar-refractivity contribution < 1.29 is 19.1 Å². The van der Waals surface area contributed by atoms with Crippen LogP contribution in [0.15, 0.2) is 96.7 Å². The Bertz CT molecular complexity index is 1120. The molecule has 3 aromatic carbocycles. The SMILES string of the molecule is COC(=O)/C=C(\C)N[C@H]1C(=O)N(C(c2ccccc2)c2ccccc2)[C@H]1c1ccc(OC)cc1. The molecule has 4 rings (SSSR count). The minimum Gasteiger partial charge on any atom is -0.497 e. The molecule has 1 saturated heterocycles. The molecule has 6 nitrogen and oxygen atoms in total. The maximum Gasteiger partial charge on any atom is 0.332 e. The van der Waals surface area contributed by atoms with E-state index in [1.165, 1.54) is 13.2 Å². The number of methoxy groups -OCH3 is 2. The third kappa shape index (κ3) is 4.66. The number of esters is 1. The minimum atomic E-state index is -0.524. The first kappa shape index (κ1) is 23.1. The van der Waals surface area contributed by atoms with E-state index in [0.29, 0.717) is 5.70 Å². The van der Waals surface area contributed by atoms with Crippen LogP contribution in [0.5, 0.6) is 5.75 Å². The quantitative estimate of drug-likeness (QED) is 0.309. The number of carbonyl (C=O) groups is 2. The van der Waals surface area contributed by atoms with E-state index in [1.54, 1.807) is 14.0 Å². The normalized spacial score (nSPS) is 17.8. The number of benzene rings is 3. The van der Waals surface area contributed by atoms with Gasteiger partial charge in [0.2, 0.25) is 5.91 Å². The van der Waals surface area contributed by atoms with Crippen molar-refractivity contribution in [2.45, 2.75) is 25.0 Å². The molecular weight excluding hydrogens is 428 g/mol. The first-order chi connectivity index (χ1) is 16.5. The fourth-order valence-electron chi connectivity index (χ4n) is 4.40. The predicted octanol–water partition coefficient (Wildman–Crippen LogP) is 4.40. The van der Waals surface area contributed by atoms with Crippen LogP contribution in [0.25, 0.3) is 0 Å². The van der Waals surface area contributed by atoms with Gasteiger partial charge >= 0.3 is 5.97 Å². The fraction of sp³-hybridized carbons (Fsp3) is 0.214. The number of rotatable bonds is 8. The van der Waals surface area contributed by atoms with Gasteiger partial charge < -0.3 is 19.7 Å². The lowest BCUT2D eigenvalue weighted by Gasteiger charge is -2.52. The summed E-state index contributed by atoms with van der Waals surface area (Å²) in [5, 5.41) is 3.23. The molecule has 0 radical (unpaired) electrons. The Hall–Kier alpha value is -4.06. The zero-order valence-electron chi connectivity index (χ0n) is 19.5. The number of carbonyl (C=O) groups excluding carboxylic acids is 2. The summed E-state index contributed by atoms with van der Waals surface area (Å²) in [7, 11) is 2.95. The van der Waals surface area contributed by atoms with E-state index in [2.05, 4.69) is 5.32 Å². The highest BCUT2D eigenvalue weighted by molar-refractivity contribution is 5.91. The average molecular weight is 457 g/mol. The molecule has 0 aliphatic carbocycles. The molecule has 0 bridgehead atoms. The summed E-state index contributed by atoms with van der Waals surface area (Å²) in [6.45, 7) is 1.75. The van der Waals surface area contributed by atoms with Crippen LogP contribution >= 0.6 is 0 Å². The molecule has 1 N–H and O–H groups in total. The molecule has 1 amide bonds. The number of hydrogen-bond acceptors (Lipinski definition) is 5. The highest BCUT2D eigenvalue weighted by atomic mass is 16.5. The van der Waals surface area contributed by atoms with E-state index >= 15 is 0 Å². The molecule has 0 spiro atoms. The van der Waals surface area contributed by atoms with E-state index in [9.17, 15) is 9.59 Å². The standard InChI is InChI=1S/C28H28N2O4/c1-19(18-24(31)34-3)29-25-27(22-14-16-23(33-2)17-15-22)30(28(25)32)26(20-10-6-4-7-11-20)21-12-8-5-9-13-21/h4-18,25-27,29H,1-3H3/b19-18+/t25-,27+/m1/s1. The van der Waals surface area contributed by atoms with Gasteiger partial charge in [0.1, 0.15) is 11.8 Å². The van der Waals surface area contributed by atoms with Crippen LogP contribution in [-0.4, -0.2) is 37.0 Å². The van der Waals surface area contributed by atoms with Crippen molar-refractivity contribution in [3.05, 3.63) is 113 Å². The molecule has 0 saturated carbocycles. The van der Waals surface area contributed by atoms with Gasteiger partial charge in [-0.05, 0) is 35.7 Å². The number of nitrogens with one attached hydrogen (secondary N) is 1. The number of β-lactam (4-membered cyclic amide) rings is 1. The molecule has 1 heterocycles. The number of ether oxygens (including phenoxy) is 2. The summed E-state index contributed by atoms with van der Waals surface area (Å²) in [5.41, 5.74) is 3.60. The van der Waals surface area contributed by atoms with Crippen LogP contribution in [-0.2, 0) is 14.3 Å². The van der Waals surface area contributed by atoms with Crippen LogP contribution < -0.4 is 10.1 Å². The number of allylic oxidation sites excluding steroid dienone is 1. The van der Waals surface area contributed by atoms with Crippen molar-refractivity contribution in [2.75, 3.05) is 14.2 Å². The number of nitrogens with zero attached hydrogens (tertiary/aromatic N) is 1. The zero-order chi connectivity index (χ0) is 24.1. The number of amides is 1. The smallest absolute Gasteiger partial charge is 0.332 e. The van der Waals surface area contributed by atoms with Crippen molar-refractivity contribution in [3.8, 4) is 5.75 Å². The molecule has 6 heteroatoms. The molecular formula is C28H28N2O4. The average Bonchev–Trinajstić information content (AvgIpc) is 2.88. The second-order valence-electron chi connectivity index (χ2n) is 8.16. The highest BCUT2D eigenvalue weighted by Gasteiger charge is 2.51. The van der Waals surface area contributed by atoms with Gasteiger partial charge in [-0.1, -0.05) is 72.8 Å². The van der Waals surface area contributed by atoms with Crippen LogP contribution in [0.1, 0.15) is 35.7 Å². The van der Waals surface area contributed by atoms with Gasteiger partial charge in [-0.3, -0.25) is 4.79 Å². The second-order valence-corrected chi connectivity index (χ2v) is 8.16. The molecule has 1 fully saturated rings. The van der Waals surface area contributed by atoms with Gasteiger partial charge in [0.05, 0.1) is 26.3 Å². The van der Waals surface area contributed by atoms with Gasteiger partial charge in [0, 0.05) is 11.8 Å². The van der Waals surface area contributed by atoms with Crippen molar-refractivity contribution >= 4 is 11.9 Å². The van der Waals surface area contributed by atoms with E-state index in [-0.39, 0.29) is 18.0 Å². The molecule has 0 unspecified atom stereocenters. The highest BCUT2D eigenvalue weighted by Crippen LogP contribution is 2.45. The van der Waals surface area contributed by atoms with Crippen LogP contribution in [0.4, 0.5) is 0 Å².